The lowest BCUT2D eigenvalue weighted by molar-refractivity contribution is -0.161. The van der Waals surface area contributed by atoms with Crippen molar-refractivity contribution < 1.29 is 28.0 Å². The van der Waals surface area contributed by atoms with Crippen LogP contribution in [0.5, 0.6) is 0 Å². The van der Waals surface area contributed by atoms with E-state index in [9.17, 15) is 19.2 Å². The average Bonchev–Trinajstić information content (AvgIpc) is 3.01. The van der Waals surface area contributed by atoms with Gasteiger partial charge in [-0.25, -0.2) is 0 Å². The van der Waals surface area contributed by atoms with Gasteiger partial charge in [0.05, 0.1) is 26.1 Å². The number of rotatable bonds is 15. The van der Waals surface area contributed by atoms with Gasteiger partial charge in [0, 0.05) is 19.4 Å². The molecule has 0 aliphatic heterocycles. The highest BCUT2D eigenvalue weighted by Crippen LogP contribution is 2.25. The molecule has 46 heavy (non-hydrogen) atoms. The average molecular weight is 715 g/mol. The molecule has 0 fully saturated rings. The number of carbonyl (C=O) groups is 4. The van der Waals surface area contributed by atoms with E-state index >= 15 is 8.78 Å². The Labute approximate surface area is 286 Å². The molecular weight excluding hydrogens is 682 g/mol. The fraction of sp³-hybridized carbons (Fsp3) is 0.333. The third-order valence-electron chi connectivity index (χ3n) is 7.08. The Morgan fingerprint density at radius 3 is 1.91 bits per heavy atom. The first-order valence-corrected chi connectivity index (χ1v) is 15.9. The van der Waals surface area contributed by atoms with Crippen molar-refractivity contribution in [3.8, 4) is 0 Å². The predicted octanol–water partition coefficient (Wildman–Crippen LogP) is 6.66. The second-order valence-corrected chi connectivity index (χ2v) is 12.6. The molecule has 3 aromatic rings. The Morgan fingerprint density at radius 2 is 1.33 bits per heavy atom. The largest absolute Gasteiger partial charge is 0.383 e. The molecule has 0 heterocycles. The van der Waals surface area contributed by atoms with E-state index in [0.29, 0.717) is 15.6 Å². The molecule has 0 bridgehead atoms. The van der Waals surface area contributed by atoms with Gasteiger partial charge in [-0.3, -0.25) is 19.2 Å². The van der Waals surface area contributed by atoms with Crippen molar-refractivity contribution in [2.24, 2.45) is 5.92 Å². The number of nitrogens with one attached hydrogen (secondary N) is 3. The van der Waals surface area contributed by atoms with E-state index in [1.54, 1.807) is 54.6 Å². The number of alkyl halides is 2. The van der Waals surface area contributed by atoms with Gasteiger partial charge in [0.2, 0.25) is 17.6 Å². The number of carbonyl (C=O) groups excluding carboxylic acids is 4. The molecule has 13 heteroatoms. The normalized spacial score (nSPS) is 12.7. The fourth-order valence-corrected chi connectivity index (χ4v) is 5.14. The number of amides is 3. The zero-order valence-corrected chi connectivity index (χ0v) is 28.0. The molecule has 3 N–H and O–H groups in total. The van der Waals surface area contributed by atoms with Gasteiger partial charge < -0.3 is 16.0 Å². The highest BCUT2D eigenvalue weighted by molar-refractivity contribution is 6.42. The Kier molecular flexibility index (Phi) is 13.8. The second-order valence-electron chi connectivity index (χ2n) is 11.0. The van der Waals surface area contributed by atoms with Gasteiger partial charge >= 0.3 is 5.92 Å². The zero-order valence-electron chi connectivity index (χ0n) is 25.0. The van der Waals surface area contributed by atoms with Crippen LogP contribution in [0.25, 0.3) is 0 Å². The number of hydrogen-bond acceptors (Lipinski definition) is 4. The molecule has 7 nitrogen and oxygen atoms in total. The Hall–Kier alpha value is -3.24. The van der Waals surface area contributed by atoms with Crippen LogP contribution in [0, 0.1) is 5.92 Å². The first-order valence-electron chi connectivity index (χ1n) is 14.4. The van der Waals surface area contributed by atoms with Crippen LogP contribution in [-0.2, 0) is 38.4 Å². The van der Waals surface area contributed by atoms with Crippen LogP contribution in [-0.4, -0.2) is 48.1 Å². The molecular formula is C33H33Cl4F2N3O4. The van der Waals surface area contributed by atoms with Gasteiger partial charge in [0.15, 0.2) is 0 Å². The molecule has 3 amide bonds. The van der Waals surface area contributed by atoms with Crippen LogP contribution in [0.4, 0.5) is 8.78 Å². The summed E-state index contributed by atoms with van der Waals surface area (Å²) in [6, 6.07) is 15.4. The number of hydrogen-bond donors (Lipinski definition) is 3. The number of Topliss-reactive ketones (excluding diaryl/α,β-unsaturated/α-hetero) is 1. The highest BCUT2D eigenvalue weighted by atomic mass is 35.5. The van der Waals surface area contributed by atoms with Crippen LogP contribution in [0.1, 0.15) is 37.0 Å². The van der Waals surface area contributed by atoms with Crippen molar-refractivity contribution in [3.63, 3.8) is 0 Å². The molecule has 0 aliphatic carbocycles. The highest BCUT2D eigenvalue weighted by Gasteiger charge is 2.51. The SMILES string of the molecule is CC(C)[C@H](NC(=O)[C@H](Cc1ccc(Cl)c(Cl)c1)NC(=O)CCc1ccc(Cl)c(Cl)c1)C(=O)C(F)(F)C(=O)NCCc1ccccc1. The van der Waals surface area contributed by atoms with E-state index in [0.717, 1.165) is 11.1 Å². The molecule has 0 unspecified atom stereocenters. The monoisotopic (exact) mass is 713 g/mol. The smallest absolute Gasteiger partial charge is 0.350 e. The number of aryl methyl sites for hydroxylation is 1. The van der Waals surface area contributed by atoms with E-state index in [4.69, 9.17) is 46.4 Å². The summed E-state index contributed by atoms with van der Waals surface area (Å²) in [5.41, 5.74) is 2.05. The first-order chi connectivity index (χ1) is 21.7. The maximum absolute atomic E-state index is 15.1. The van der Waals surface area contributed by atoms with Gasteiger partial charge in [-0.1, -0.05) is 103 Å². The molecule has 3 rings (SSSR count). The summed E-state index contributed by atoms with van der Waals surface area (Å²) in [6.45, 7) is 2.79. The summed E-state index contributed by atoms with van der Waals surface area (Å²) in [7, 11) is 0. The minimum atomic E-state index is -4.43. The third kappa shape index (κ3) is 10.7. The Bertz CT molecular complexity index is 1560. The van der Waals surface area contributed by atoms with E-state index < -0.39 is 47.4 Å². The summed E-state index contributed by atoms with van der Waals surface area (Å²) >= 11 is 24.2. The van der Waals surface area contributed by atoms with Crippen LogP contribution in [0.2, 0.25) is 20.1 Å². The van der Waals surface area contributed by atoms with E-state index in [2.05, 4.69) is 16.0 Å². The maximum Gasteiger partial charge on any atom is 0.383 e. The third-order valence-corrected chi connectivity index (χ3v) is 8.56. The quantitative estimate of drug-likeness (QED) is 0.153. The summed E-state index contributed by atoms with van der Waals surface area (Å²) in [5.74, 6) is -10.2. The van der Waals surface area contributed by atoms with Gasteiger partial charge in [0.25, 0.3) is 5.91 Å². The van der Waals surface area contributed by atoms with Crippen molar-refractivity contribution in [3.05, 3.63) is 104 Å². The molecule has 0 spiro atoms. The maximum atomic E-state index is 15.1. The second kappa shape index (κ2) is 17.1. The van der Waals surface area contributed by atoms with Crippen LogP contribution in [0.3, 0.4) is 0 Å². The van der Waals surface area contributed by atoms with Gasteiger partial charge in [-0.05, 0) is 59.7 Å². The summed E-state index contributed by atoms with van der Waals surface area (Å²) < 4.78 is 30.3. The predicted molar refractivity (Wildman–Crippen MR) is 177 cm³/mol. The Morgan fingerprint density at radius 1 is 0.739 bits per heavy atom. The number of ketones is 1. The fourth-order valence-electron chi connectivity index (χ4n) is 4.50. The zero-order chi connectivity index (χ0) is 34.0. The van der Waals surface area contributed by atoms with Crippen molar-refractivity contribution in [2.75, 3.05) is 6.54 Å². The summed E-state index contributed by atoms with van der Waals surface area (Å²) in [6.07, 6.45) is 0.401. The van der Waals surface area contributed by atoms with Crippen LogP contribution < -0.4 is 16.0 Å². The minimum absolute atomic E-state index is 0.0448. The van der Waals surface area contributed by atoms with Crippen molar-refractivity contribution in [2.45, 2.75) is 57.5 Å². The molecule has 3 aromatic carbocycles. The van der Waals surface area contributed by atoms with Crippen LogP contribution in [0.15, 0.2) is 66.7 Å². The van der Waals surface area contributed by atoms with Crippen molar-refractivity contribution >= 4 is 69.9 Å². The van der Waals surface area contributed by atoms with Crippen molar-refractivity contribution in [1.82, 2.24) is 16.0 Å². The summed E-state index contributed by atoms with van der Waals surface area (Å²) in [5, 5.41) is 8.23. The van der Waals surface area contributed by atoms with Gasteiger partial charge in [-0.15, -0.1) is 0 Å². The molecule has 0 aromatic heterocycles. The molecule has 0 radical (unpaired) electrons. The summed E-state index contributed by atoms with van der Waals surface area (Å²) in [4.78, 5) is 52.0. The van der Waals surface area contributed by atoms with Crippen molar-refractivity contribution in [1.29, 1.82) is 0 Å². The molecule has 0 saturated heterocycles. The Balaban J connectivity index is 1.73. The molecule has 2 atom stereocenters. The topological polar surface area (TPSA) is 104 Å². The lowest BCUT2D eigenvalue weighted by Crippen LogP contribution is -2.59. The van der Waals surface area contributed by atoms with Gasteiger partial charge in [-0.2, -0.15) is 8.78 Å². The minimum Gasteiger partial charge on any atom is -0.350 e. The van der Waals surface area contributed by atoms with E-state index in [1.165, 1.54) is 26.0 Å². The van der Waals surface area contributed by atoms with E-state index in [1.807, 2.05) is 0 Å². The first kappa shape index (κ1) is 37.2. The molecule has 0 aliphatic rings. The molecule has 0 saturated carbocycles. The van der Waals surface area contributed by atoms with Crippen LogP contribution >= 0.6 is 46.4 Å². The number of benzene rings is 3. The van der Waals surface area contributed by atoms with Gasteiger partial charge in [0.1, 0.15) is 6.04 Å². The number of halogens is 6. The molecule has 246 valence electrons. The lowest BCUT2D eigenvalue weighted by atomic mass is 9.94. The lowest BCUT2D eigenvalue weighted by Gasteiger charge is -2.27. The van der Waals surface area contributed by atoms with E-state index in [-0.39, 0.29) is 42.3 Å². The standard InChI is InChI=1S/C33H33Cl4F2N3O4/c1-19(2)29(30(44)33(38,39)32(46)40-15-14-20-6-4-3-5-7-20)42-31(45)27(18-22-9-12-24(35)26(37)17-22)41-28(43)13-10-21-8-11-23(34)25(36)16-21/h3-9,11-12,16-17,19,27,29H,10,13-15,18H2,1-2H3,(H,40,46)(H,41,43)(H,42,45)/t27-,29-/m0/s1.